The summed E-state index contributed by atoms with van der Waals surface area (Å²) in [4.78, 5) is 15.4. The predicted molar refractivity (Wildman–Crippen MR) is 131 cm³/mol. The Hall–Kier alpha value is -1.85. The lowest BCUT2D eigenvalue weighted by Crippen LogP contribution is -2.51. The van der Waals surface area contributed by atoms with Crippen LogP contribution < -0.4 is 0 Å². The van der Waals surface area contributed by atoms with Crippen LogP contribution in [0.1, 0.15) is 69.6 Å². The van der Waals surface area contributed by atoms with Crippen LogP contribution >= 0.6 is 0 Å². The van der Waals surface area contributed by atoms with Gasteiger partial charge in [0.1, 0.15) is 9.84 Å². The molecule has 4 rings (SSSR count). The van der Waals surface area contributed by atoms with E-state index in [1.807, 2.05) is 20.8 Å². The van der Waals surface area contributed by atoms with Crippen LogP contribution in [0, 0.1) is 17.8 Å². The van der Waals surface area contributed by atoms with Crippen molar-refractivity contribution in [3.05, 3.63) is 34.9 Å². The molecule has 4 unspecified atom stereocenters. The zero-order valence-corrected chi connectivity index (χ0v) is 22.9. The fraction of sp³-hybridized carbons (Fsp3) is 0.741. The highest BCUT2D eigenvalue weighted by Gasteiger charge is 2.73. The van der Waals surface area contributed by atoms with Gasteiger partial charge in [0, 0.05) is 29.5 Å². The Labute approximate surface area is 224 Å². The zero-order valence-electron chi connectivity index (χ0n) is 22.1. The monoisotopic (exact) mass is 585 g/mol. The molecule has 1 aliphatic carbocycles. The van der Waals surface area contributed by atoms with Gasteiger partial charge >= 0.3 is 18.0 Å². The summed E-state index contributed by atoms with van der Waals surface area (Å²) in [5, 5.41) is 0. The lowest BCUT2D eigenvalue weighted by atomic mass is 9.65. The summed E-state index contributed by atoms with van der Waals surface area (Å²) < 4.78 is 120. The summed E-state index contributed by atoms with van der Waals surface area (Å²) in [6, 6.07) is 2.13. The summed E-state index contributed by atoms with van der Waals surface area (Å²) in [5.41, 5.74) is -6.99. The number of halogens is 7. The molecule has 2 saturated heterocycles. The minimum Gasteiger partial charge on any atom is -0.339 e. The van der Waals surface area contributed by atoms with E-state index in [9.17, 15) is 43.9 Å². The molecule has 0 radical (unpaired) electrons. The van der Waals surface area contributed by atoms with Crippen molar-refractivity contribution in [3.8, 4) is 0 Å². The van der Waals surface area contributed by atoms with Crippen LogP contribution in [0.25, 0.3) is 0 Å². The Morgan fingerprint density at radius 2 is 1.64 bits per heavy atom. The fourth-order valence-corrected chi connectivity index (χ4v) is 8.44. The molecule has 0 saturated carbocycles. The molecule has 1 aromatic rings. The molecule has 4 nitrogen and oxygen atoms in total. The highest BCUT2D eigenvalue weighted by atomic mass is 32.2. The number of rotatable bonds is 3. The quantitative estimate of drug-likeness (QED) is 0.393. The number of fused-ring (bicyclic) bond motifs is 3. The molecular formula is C27H34F7NO3S. The molecule has 2 fully saturated rings. The Bertz CT molecular complexity index is 1180. The van der Waals surface area contributed by atoms with Gasteiger partial charge in [0.15, 0.2) is 0 Å². The van der Waals surface area contributed by atoms with Gasteiger partial charge in [0.2, 0.25) is 5.91 Å². The first-order chi connectivity index (χ1) is 17.9. The van der Waals surface area contributed by atoms with Crippen molar-refractivity contribution in [2.24, 2.45) is 17.8 Å². The second-order valence-electron chi connectivity index (χ2n) is 11.8. The number of amides is 1. The number of alkyl halides is 7. The maximum absolute atomic E-state index is 15.0. The van der Waals surface area contributed by atoms with Crippen LogP contribution in [0.3, 0.4) is 0 Å². The molecule has 1 amide bonds. The number of hydrogen-bond donors (Lipinski definition) is 0. The van der Waals surface area contributed by atoms with Gasteiger partial charge in [-0.1, -0.05) is 45.4 Å². The first-order valence-corrected chi connectivity index (χ1v) is 15.1. The van der Waals surface area contributed by atoms with E-state index in [0.29, 0.717) is 37.4 Å². The summed E-state index contributed by atoms with van der Waals surface area (Å²) in [6.07, 6.45) is -10.1. The second-order valence-corrected chi connectivity index (χ2v) is 14.1. The molecule has 12 heteroatoms. The van der Waals surface area contributed by atoms with E-state index in [1.165, 1.54) is 6.07 Å². The molecular weight excluding hydrogens is 551 g/mol. The molecule has 220 valence electrons. The van der Waals surface area contributed by atoms with Crippen LogP contribution in [0.5, 0.6) is 0 Å². The molecule has 2 heterocycles. The van der Waals surface area contributed by atoms with Gasteiger partial charge in [0.05, 0.1) is 11.5 Å². The van der Waals surface area contributed by atoms with Crippen molar-refractivity contribution in [3.63, 3.8) is 0 Å². The zero-order chi connectivity index (χ0) is 29.2. The lowest BCUT2D eigenvalue weighted by molar-refractivity contribution is -0.348. The third-order valence-electron chi connectivity index (χ3n) is 9.48. The van der Waals surface area contributed by atoms with E-state index in [0.717, 1.165) is 6.07 Å². The fourth-order valence-electron chi connectivity index (χ4n) is 6.95. The van der Waals surface area contributed by atoms with Gasteiger partial charge < -0.3 is 4.90 Å². The first kappa shape index (κ1) is 30.1. The summed E-state index contributed by atoms with van der Waals surface area (Å²) in [5.74, 6) is -0.866. The van der Waals surface area contributed by atoms with E-state index in [1.54, 1.807) is 4.90 Å². The topological polar surface area (TPSA) is 54.5 Å². The number of carbonyl (C=O) groups excluding carboxylic acids is 1. The van der Waals surface area contributed by atoms with Crippen molar-refractivity contribution in [1.82, 2.24) is 4.90 Å². The van der Waals surface area contributed by atoms with Crippen molar-refractivity contribution >= 4 is 15.7 Å². The Kier molecular flexibility index (Phi) is 7.65. The number of carbonyl (C=O) groups is 1. The van der Waals surface area contributed by atoms with Crippen LogP contribution in [0.4, 0.5) is 30.7 Å². The second kappa shape index (κ2) is 9.91. The largest absolute Gasteiger partial charge is 0.435 e. The van der Waals surface area contributed by atoms with Gasteiger partial charge in [0.25, 0.3) is 0 Å². The molecule has 4 atom stereocenters. The van der Waals surface area contributed by atoms with Gasteiger partial charge in [-0.3, -0.25) is 4.79 Å². The molecule has 1 aromatic carbocycles. The van der Waals surface area contributed by atoms with Crippen molar-refractivity contribution in [2.45, 2.75) is 88.8 Å². The lowest BCUT2D eigenvalue weighted by Gasteiger charge is -2.43. The average Bonchev–Trinajstić information content (AvgIpc) is 3.15. The highest BCUT2D eigenvalue weighted by molar-refractivity contribution is 7.91. The van der Waals surface area contributed by atoms with Crippen molar-refractivity contribution in [2.75, 3.05) is 18.1 Å². The number of nitrogens with zero attached hydrogens (tertiary/aromatic N) is 1. The van der Waals surface area contributed by atoms with Crippen molar-refractivity contribution in [1.29, 1.82) is 0 Å². The maximum Gasteiger partial charge on any atom is 0.435 e. The molecule has 2 aliphatic heterocycles. The summed E-state index contributed by atoms with van der Waals surface area (Å²) in [7, 11) is -3.18. The Balaban J connectivity index is 1.78. The van der Waals surface area contributed by atoms with E-state index in [2.05, 4.69) is 0 Å². The summed E-state index contributed by atoms with van der Waals surface area (Å²) >= 11 is 0. The molecule has 3 aliphatic rings. The molecule has 0 spiro atoms. The standard InChI is InChI=1S/C27H34F7NO3S/c1-4-17-14-19-15-20(25(28,26(29,30)31)27(32,33)34)5-6-21(19)24(3)9-10-35(22(24)13-16(17)2)23(36)18-7-11-39(37,38)12-8-18/h5-6,15-18,22H,4,7-14H2,1-3H3. The maximum atomic E-state index is 15.0. The van der Waals surface area contributed by atoms with Gasteiger partial charge in [-0.25, -0.2) is 12.8 Å². The Morgan fingerprint density at radius 3 is 2.18 bits per heavy atom. The molecule has 39 heavy (non-hydrogen) atoms. The number of sulfone groups is 1. The Morgan fingerprint density at radius 1 is 1.05 bits per heavy atom. The summed E-state index contributed by atoms with van der Waals surface area (Å²) in [6.45, 7) is 6.05. The first-order valence-electron chi connectivity index (χ1n) is 13.3. The van der Waals surface area contributed by atoms with Crippen LogP contribution in [-0.4, -0.2) is 55.7 Å². The van der Waals surface area contributed by atoms with E-state index in [-0.39, 0.29) is 60.1 Å². The van der Waals surface area contributed by atoms with E-state index >= 15 is 0 Å². The number of hydrogen-bond acceptors (Lipinski definition) is 3. The molecule has 0 aromatic heterocycles. The van der Waals surface area contributed by atoms with Gasteiger partial charge in [-0.15, -0.1) is 0 Å². The van der Waals surface area contributed by atoms with Crippen LogP contribution in [0.15, 0.2) is 18.2 Å². The highest BCUT2D eigenvalue weighted by Crippen LogP contribution is 2.55. The number of likely N-dealkylation sites (tertiary alicyclic amines) is 1. The third-order valence-corrected chi connectivity index (χ3v) is 11.2. The molecule has 0 bridgehead atoms. The van der Waals surface area contributed by atoms with Crippen LogP contribution in [0.2, 0.25) is 0 Å². The average molecular weight is 586 g/mol. The third kappa shape index (κ3) is 5.07. The predicted octanol–water partition coefficient (Wildman–Crippen LogP) is 6.27. The minimum atomic E-state index is -6.20. The van der Waals surface area contributed by atoms with E-state index in [4.69, 9.17) is 0 Å². The normalized spacial score (nSPS) is 30.3. The smallest absolute Gasteiger partial charge is 0.339 e. The van der Waals surface area contributed by atoms with Gasteiger partial charge in [-0.05, 0) is 55.1 Å². The molecule has 0 N–H and O–H groups in total. The van der Waals surface area contributed by atoms with Crippen LogP contribution in [-0.2, 0) is 32.1 Å². The van der Waals surface area contributed by atoms with Gasteiger partial charge in [-0.2, -0.15) is 26.3 Å². The van der Waals surface area contributed by atoms with E-state index < -0.39 is 44.8 Å². The number of benzene rings is 1. The minimum absolute atomic E-state index is 0.0170. The SMILES string of the molecule is CCC1Cc2cc(C(F)(C(F)(F)F)C(F)(F)F)ccc2C2(C)CCN(C(=O)C3CCS(=O)(=O)CC3)C2CC1C. The van der Waals surface area contributed by atoms with Crippen molar-refractivity contribution < 1.29 is 43.9 Å².